The van der Waals surface area contributed by atoms with Crippen molar-refractivity contribution in [3.63, 3.8) is 0 Å². The summed E-state index contributed by atoms with van der Waals surface area (Å²) in [6.45, 7) is 0. The molecule has 3 aromatic carbocycles. The summed E-state index contributed by atoms with van der Waals surface area (Å²) in [6.07, 6.45) is 0.0801. The monoisotopic (exact) mass is 372 g/mol. The molecular formula is C22H16N2O2S. The Balaban J connectivity index is 1.42. The molecular weight excluding hydrogens is 356 g/mol. The van der Waals surface area contributed by atoms with Crippen molar-refractivity contribution in [3.05, 3.63) is 78.4 Å². The number of hydrogen-bond donors (Lipinski definition) is 1. The maximum atomic E-state index is 12.8. The highest BCUT2D eigenvalue weighted by Gasteiger charge is 2.29. The van der Waals surface area contributed by atoms with Gasteiger partial charge in [-0.05, 0) is 35.9 Å². The van der Waals surface area contributed by atoms with Crippen molar-refractivity contribution < 1.29 is 9.53 Å². The quantitative estimate of drug-likeness (QED) is 0.556. The van der Waals surface area contributed by atoms with Gasteiger partial charge in [0.25, 0.3) is 5.91 Å². The van der Waals surface area contributed by atoms with Gasteiger partial charge in [0.2, 0.25) is 0 Å². The van der Waals surface area contributed by atoms with Gasteiger partial charge in [-0.3, -0.25) is 4.79 Å². The van der Waals surface area contributed by atoms with Crippen LogP contribution < -0.4 is 10.1 Å². The van der Waals surface area contributed by atoms with Gasteiger partial charge in [-0.1, -0.05) is 42.5 Å². The number of fused-ring (bicyclic) bond motifs is 2. The number of anilines is 1. The number of hydrogen-bond acceptors (Lipinski definition) is 4. The molecule has 2 heterocycles. The smallest absolute Gasteiger partial charge is 0.265 e. The number of para-hydroxylation sites is 3. The minimum absolute atomic E-state index is 0.139. The second kappa shape index (κ2) is 6.52. The molecule has 0 bridgehead atoms. The van der Waals surface area contributed by atoms with Crippen LogP contribution in [-0.2, 0) is 11.2 Å². The molecule has 0 radical (unpaired) electrons. The molecule has 0 aliphatic carbocycles. The number of rotatable bonds is 3. The number of nitrogens with zero attached hydrogens (tertiary/aromatic N) is 1. The van der Waals surface area contributed by atoms with Crippen LogP contribution in [0.15, 0.2) is 72.8 Å². The number of thiazole rings is 1. The van der Waals surface area contributed by atoms with Crippen LogP contribution in [-0.4, -0.2) is 17.0 Å². The summed E-state index contributed by atoms with van der Waals surface area (Å²) in [6, 6.07) is 23.6. The Bertz CT molecular complexity index is 1090. The largest absolute Gasteiger partial charge is 0.480 e. The van der Waals surface area contributed by atoms with Gasteiger partial charge in [-0.25, -0.2) is 4.98 Å². The van der Waals surface area contributed by atoms with E-state index in [1.807, 2.05) is 66.7 Å². The van der Waals surface area contributed by atoms with Crippen LogP contribution in [0.4, 0.5) is 5.69 Å². The van der Waals surface area contributed by atoms with Gasteiger partial charge in [-0.15, -0.1) is 11.3 Å². The van der Waals surface area contributed by atoms with Crippen molar-refractivity contribution in [2.45, 2.75) is 12.5 Å². The highest BCUT2D eigenvalue weighted by molar-refractivity contribution is 7.21. The van der Waals surface area contributed by atoms with Gasteiger partial charge in [0, 0.05) is 12.0 Å². The van der Waals surface area contributed by atoms with Gasteiger partial charge < -0.3 is 10.1 Å². The molecule has 5 heteroatoms. The van der Waals surface area contributed by atoms with Crippen LogP contribution in [0, 0.1) is 0 Å². The lowest BCUT2D eigenvalue weighted by Gasteiger charge is -2.13. The Labute approximate surface area is 160 Å². The molecule has 1 N–H and O–H groups in total. The molecule has 1 aliphatic rings. The second-order valence-corrected chi connectivity index (χ2v) is 7.47. The van der Waals surface area contributed by atoms with Crippen LogP contribution in [0.2, 0.25) is 0 Å². The zero-order valence-corrected chi connectivity index (χ0v) is 15.2. The van der Waals surface area contributed by atoms with E-state index in [0.717, 1.165) is 37.8 Å². The summed E-state index contributed by atoms with van der Waals surface area (Å²) in [5, 5.41) is 3.92. The van der Waals surface area contributed by atoms with Crippen LogP contribution in [0.25, 0.3) is 20.8 Å². The minimum atomic E-state index is -0.508. The predicted octanol–water partition coefficient (Wildman–Crippen LogP) is 4.91. The third-order valence-corrected chi connectivity index (χ3v) is 5.72. The van der Waals surface area contributed by atoms with Crippen molar-refractivity contribution in [3.8, 4) is 16.3 Å². The van der Waals surface area contributed by atoms with E-state index in [2.05, 4.69) is 11.4 Å². The van der Waals surface area contributed by atoms with E-state index in [0.29, 0.717) is 6.42 Å². The summed E-state index contributed by atoms with van der Waals surface area (Å²) in [5.41, 5.74) is 3.70. The molecule has 1 atom stereocenters. The average molecular weight is 372 g/mol. The molecule has 0 saturated carbocycles. The summed E-state index contributed by atoms with van der Waals surface area (Å²) in [7, 11) is 0. The van der Waals surface area contributed by atoms with Crippen molar-refractivity contribution in [1.29, 1.82) is 0 Å². The van der Waals surface area contributed by atoms with E-state index in [-0.39, 0.29) is 5.91 Å². The van der Waals surface area contributed by atoms with Crippen molar-refractivity contribution in [2.24, 2.45) is 0 Å². The van der Waals surface area contributed by atoms with E-state index < -0.39 is 6.10 Å². The highest BCUT2D eigenvalue weighted by atomic mass is 32.1. The van der Waals surface area contributed by atoms with Gasteiger partial charge >= 0.3 is 0 Å². The summed E-state index contributed by atoms with van der Waals surface area (Å²) >= 11 is 1.62. The molecule has 1 aromatic heterocycles. The first-order chi connectivity index (χ1) is 13.3. The van der Waals surface area contributed by atoms with Crippen molar-refractivity contribution >= 4 is 33.1 Å². The molecule has 27 heavy (non-hydrogen) atoms. The lowest BCUT2D eigenvalue weighted by Crippen LogP contribution is -2.31. The van der Waals surface area contributed by atoms with Gasteiger partial charge in [-0.2, -0.15) is 0 Å². The fourth-order valence-electron chi connectivity index (χ4n) is 3.31. The predicted molar refractivity (Wildman–Crippen MR) is 108 cm³/mol. The number of carbonyl (C=O) groups is 1. The van der Waals surface area contributed by atoms with Crippen LogP contribution >= 0.6 is 11.3 Å². The van der Waals surface area contributed by atoms with E-state index in [1.54, 1.807) is 11.3 Å². The Hall–Kier alpha value is -3.18. The fourth-order valence-corrected chi connectivity index (χ4v) is 4.31. The lowest BCUT2D eigenvalue weighted by atomic mass is 10.1. The molecule has 1 aliphatic heterocycles. The minimum Gasteiger partial charge on any atom is -0.480 e. The molecule has 4 aromatic rings. The first kappa shape index (κ1) is 16.0. The number of benzene rings is 3. The number of carbonyl (C=O) groups excluding carboxylic acids is 1. The molecule has 0 saturated heterocycles. The summed E-state index contributed by atoms with van der Waals surface area (Å²) in [4.78, 5) is 17.5. The Kier molecular flexibility index (Phi) is 3.87. The average Bonchev–Trinajstić information content (AvgIpc) is 3.32. The number of aromatic nitrogens is 1. The standard InChI is InChI=1S/C22H16N2O2S/c25-21(19-13-14-7-1-5-11-18(14)26-19)23-16-9-3-2-8-15(16)22-24-17-10-4-6-12-20(17)27-22/h1-12,19H,13H2,(H,23,25)/t19-/m1/s1. The maximum absolute atomic E-state index is 12.8. The van der Waals surface area contributed by atoms with E-state index in [9.17, 15) is 4.79 Å². The zero-order chi connectivity index (χ0) is 18.2. The molecule has 1 amide bonds. The Morgan fingerprint density at radius 2 is 1.78 bits per heavy atom. The van der Waals surface area contributed by atoms with E-state index in [4.69, 9.17) is 9.72 Å². The Morgan fingerprint density at radius 1 is 1.00 bits per heavy atom. The Morgan fingerprint density at radius 3 is 2.67 bits per heavy atom. The van der Waals surface area contributed by atoms with Gasteiger partial charge in [0.15, 0.2) is 6.10 Å². The molecule has 0 spiro atoms. The first-order valence-electron chi connectivity index (χ1n) is 8.78. The van der Waals surface area contributed by atoms with Crippen molar-refractivity contribution in [2.75, 3.05) is 5.32 Å². The third-order valence-electron chi connectivity index (χ3n) is 4.65. The number of ether oxygens (including phenoxy) is 1. The molecule has 5 rings (SSSR count). The maximum Gasteiger partial charge on any atom is 0.265 e. The van der Waals surface area contributed by atoms with E-state index >= 15 is 0 Å². The third kappa shape index (κ3) is 2.96. The fraction of sp³-hybridized carbons (Fsp3) is 0.0909. The SMILES string of the molecule is O=C(Nc1ccccc1-c1nc2ccccc2s1)[C@H]1Cc2ccccc2O1. The van der Waals surface area contributed by atoms with Gasteiger partial charge in [0.1, 0.15) is 10.8 Å². The lowest BCUT2D eigenvalue weighted by molar-refractivity contribution is -0.122. The summed E-state index contributed by atoms with van der Waals surface area (Å²) < 4.78 is 6.94. The second-order valence-electron chi connectivity index (χ2n) is 6.44. The molecule has 0 fully saturated rings. The van der Waals surface area contributed by atoms with Crippen LogP contribution in [0.3, 0.4) is 0 Å². The zero-order valence-electron chi connectivity index (χ0n) is 14.4. The molecule has 132 valence electrons. The first-order valence-corrected chi connectivity index (χ1v) is 9.60. The van der Waals surface area contributed by atoms with Crippen LogP contribution in [0.5, 0.6) is 5.75 Å². The van der Waals surface area contributed by atoms with Crippen LogP contribution in [0.1, 0.15) is 5.56 Å². The normalized spacial score (nSPS) is 15.3. The molecule has 4 nitrogen and oxygen atoms in total. The topological polar surface area (TPSA) is 51.2 Å². The van der Waals surface area contributed by atoms with E-state index in [1.165, 1.54) is 0 Å². The summed E-state index contributed by atoms with van der Waals surface area (Å²) in [5.74, 6) is 0.650. The van der Waals surface area contributed by atoms with Crippen molar-refractivity contribution in [1.82, 2.24) is 4.98 Å². The van der Waals surface area contributed by atoms with Gasteiger partial charge in [0.05, 0.1) is 15.9 Å². The number of amides is 1. The highest BCUT2D eigenvalue weighted by Crippen LogP contribution is 2.35. The number of nitrogens with one attached hydrogen (secondary N) is 1. The molecule has 0 unspecified atom stereocenters.